The zero-order valence-corrected chi connectivity index (χ0v) is 8.55. The van der Waals surface area contributed by atoms with Gasteiger partial charge in [0, 0.05) is 12.6 Å². The topological polar surface area (TPSA) is 50.4 Å². The Morgan fingerprint density at radius 1 is 1.31 bits per heavy atom. The van der Waals surface area contributed by atoms with Gasteiger partial charge in [-0.3, -0.25) is 4.99 Å². The van der Waals surface area contributed by atoms with E-state index in [1.54, 1.807) is 0 Å². The molecule has 3 nitrogen and oxygen atoms in total. The quantitative estimate of drug-likeness (QED) is 0.388. The lowest BCUT2D eigenvalue weighted by molar-refractivity contribution is 0.530. The van der Waals surface area contributed by atoms with Crippen molar-refractivity contribution in [3.63, 3.8) is 0 Å². The van der Waals surface area contributed by atoms with E-state index in [2.05, 4.69) is 10.3 Å². The molecule has 0 bridgehead atoms. The van der Waals surface area contributed by atoms with Gasteiger partial charge < -0.3 is 11.1 Å². The second-order valence-corrected chi connectivity index (χ2v) is 3.69. The SMILES string of the molecule is CCN=C(N)NC1CCCCCC1. The van der Waals surface area contributed by atoms with Crippen molar-refractivity contribution < 1.29 is 0 Å². The summed E-state index contributed by atoms with van der Waals surface area (Å²) >= 11 is 0. The third kappa shape index (κ3) is 4.15. The first-order valence-electron chi connectivity index (χ1n) is 5.39. The summed E-state index contributed by atoms with van der Waals surface area (Å²) in [7, 11) is 0. The van der Waals surface area contributed by atoms with E-state index < -0.39 is 0 Å². The van der Waals surface area contributed by atoms with Crippen LogP contribution in [0.4, 0.5) is 0 Å². The molecule has 0 atom stereocenters. The molecule has 1 saturated carbocycles. The first-order chi connectivity index (χ1) is 6.33. The van der Waals surface area contributed by atoms with E-state index in [1.165, 1.54) is 38.5 Å². The molecule has 0 aliphatic heterocycles. The molecular formula is C10H21N3. The van der Waals surface area contributed by atoms with Crippen molar-refractivity contribution in [1.82, 2.24) is 5.32 Å². The van der Waals surface area contributed by atoms with Gasteiger partial charge in [-0.2, -0.15) is 0 Å². The summed E-state index contributed by atoms with van der Waals surface area (Å²) in [6.45, 7) is 2.77. The highest BCUT2D eigenvalue weighted by molar-refractivity contribution is 5.78. The molecule has 1 rings (SSSR count). The normalized spacial score (nSPS) is 21.2. The van der Waals surface area contributed by atoms with Crippen LogP contribution in [0.5, 0.6) is 0 Å². The summed E-state index contributed by atoms with van der Waals surface area (Å²) in [5, 5.41) is 3.29. The molecule has 0 radical (unpaired) electrons. The number of nitrogens with zero attached hydrogens (tertiary/aromatic N) is 1. The summed E-state index contributed by atoms with van der Waals surface area (Å²) in [4.78, 5) is 4.13. The molecule has 1 aliphatic carbocycles. The van der Waals surface area contributed by atoms with Gasteiger partial charge in [-0.1, -0.05) is 25.7 Å². The Hall–Kier alpha value is -0.730. The van der Waals surface area contributed by atoms with E-state index in [0.29, 0.717) is 12.0 Å². The summed E-state index contributed by atoms with van der Waals surface area (Å²) in [5.74, 6) is 0.620. The maximum Gasteiger partial charge on any atom is 0.188 e. The number of aliphatic imine (C=N–C) groups is 1. The number of nitrogens with one attached hydrogen (secondary N) is 1. The Morgan fingerprint density at radius 2 is 1.92 bits per heavy atom. The molecule has 1 fully saturated rings. The van der Waals surface area contributed by atoms with Gasteiger partial charge in [-0.05, 0) is 19.8 Å². The van der Waals surface area contributed by atoms with Crippen LogP contribution < -0.4 is 11.1 Å². The van der Waals surface area contributed by atoms with Gasteiger partial charge in [0.1, 0.15) is 0 Å². The average Bonchev–Trinajstić information content (AvgIpc) is 2.33. The standard InChI is InChI=1S/C10H21N3/c1-2-12-10(11)13-9-7-5-3-4-6-8-9/h9H,2-8H2,1H3,(H3,11,12,13). The highest BCUT2D eigenvalue weighted by atomic mass is 15.1. The lowest BCUT2D eigenvalue weighted by Gasteiger charge is -2.16. The van der Waals surface area contributed by atoms with Gasteiger partial charge in [-0.15, -0.1) is 0 Å². The van der Waals surface area contributed by atoms with Crippen molar-refractivity contribution in [3.8, 4) is 0 Å². The van der Waals surface area contributed by atoms with Crippen molar-refractivity contribution in [2.24, 2.45) is 10.7 Å². The van der Waals surface area contributed by atoms with Crippen molar-refractivity contribution in [2.75, 3.05) is 6.54 Å². The van der Waals surface area contributed by atoms with Crippen LogP contribution in [0.1, 0.15) is 45.4 Å². The van der Waals surface area contributed by atoms with Crippen LogP contribution in [0.2, 0.25) is 0 Å². The second-order valence-electron chi connectivity index (χ2n) is 3.69. The summed E-state index contributed by atoms with van der Waals surface area (Å²) in [5.41, 5.74) is 5.70. The highest BCUT2D eigenvalue weighted by Crippen LogP contribution is 2.16. The summed E-state index contributed by atoms with van der Waals surface area (Å²) in [6, 6.07) is 0.567. The zero-order valence-electron chi connectivity index (χ0n) is 8.55. The molecule has 0 unspecified atom stereocenters. The van der Waals surface area contributed by atoms with Crippen molar-refractivity contribution in [2.45, 2.75) is 51.5 Å². The fourth-order valence-corrected chi connectivity index (χ4v) is 1.85. The van der Waals surface area contributed by atoms with Crippen molar-refractivity contribution in [1.29, 1.82) is 0 Å². The van der Waals surface area contributed by atoms with Crippen LogP contribution in [0.15, 0.2) is 4.99 Å². The monoisotopic (exact) mass is 183 g/mol. The summed E-state index contributed by atoms with van der Waals surface area (Å²) < 4.78 is 0. The largest absolute Gasteiger partial charge is 0.370 e. The first kappa shape index (κ1) is 10.4. The molecule has 1 aliphatic rings. The van der Waals surface area contributed by atoms with Gasteiger partial charge in [-0.25, -0.2) is 0 Å². The van der Waals surface area contributed by atoms with E-state index >= 15 is 0 Å². The third-order valence-corrected chi connectivity index (χ3v) is 2.54. The molecule has 0 heterocycles. The Balaban J connectivity index is 2.29. The molecular weight excluding hydrogens is 162 g/mol. The lowest BCUT2D eigenvalue weighted by atomic mass is 10.1. The Labute approximate surface area is 80.8 Å². The number of hydrogen-bond acceptors (Lipinski definition) is 1. The van der Waals surface area contributed by atoms with Gasteiger partial charge in [0.2, 0.25) is 0 Å². The fraction of sp³-hybridized carbons (Fsp3) is 0.900. The molecule has 3 heteroatoms. The van der Waals surface area contributed by atoms with Crippen LogP contribution in [0, 0.1) is 0 Å². The van der Waals surface area contributed by atoms with E-state index in [0.717, 1.165) is 6.54 Å². The third-order valence-electron chi connectivity index (χ3n) is 2.54. The number of nitrogens with two attached hydrogens (primary N) is 1. The number of guanidine groups is 1. The maximum absolute atomic E-state index is 5.70. The predicted octanol–water partition coefficient (Wildman–Crippen LogP) is 1.63. The van der Waals surface area contributed by atoms with E-state index in [4.69, 9.17) is 5.73 Å². The van der Waals surface area contributed by atoms with E-state index in [1.807, 2.05) is 6.92 Å². The molecule has 3 N–H and O–H groups in total. The number of hydrogen-bond donors (Lipinski definition) is 2. The molecule has 0 aromatic rings. The van der Waals surface area contributed by atoms with Gasteiger partial charge in [0.15, 0.2) is 5.96 Å². The van der Waals surface area contributed by atoms with Crippen molar-refractivity contribution in [3.05, 3.63) is 0 Å². The minimum atomic E-state index is 0.567. The minimum absolute atomic E-state index is 0.567. The Bertz CT molecular complexity index is 158. The van der Waals surface area contributed by atoms with Crippen LogP contribution in [-0.2, 0) is 0 Å². The van der Waals surface area contributed by atoms with Crippen LogP contribution in [0.25, 0.3) is 0 Å². The molecule has 0 spiro atoms. The number of rotatable bonds is 2. The summed E-state index contributed by atoms with van der Waals surface area (Å²) in [6.07, 6.45) is 7.92. The first-order valence-corrected chi connectivity index (χ1v) is 5.39. The van der Waals surface area contributed by atoms with Crippen LogP contribution >= 0.6 is 0 Å². The van der Waals surface area contributed by atoms with Crippen molar-refractivity contribution >= 4 is 5.96 Å². The predicted molar refractivity (Wildman–Crippen MR) is 56.8 cm³/mol. The Kier molecular flexibility index (Phi) is 4.65. The average molecular weight is 183 g/mol. The second kappa shape index (κ2) is 5.84. The van der Waals surface area contributed by atoms with Gasteiger partial charge in [0.25, 0.3) is 0 Å². The molecule has 76 valence electrons. The minimum Gasteiger partial charge on any atom is -0.370 e. The van der Waals surface area contributed by atoms with Gasteiger partial charge in [0.05, 0.1) is 0 Å². The lowest BCUT2D eigenvalue weighted by Crippen LogP contribution is -2.39. The van der Waals surface area contributed by atoms with E-state index in [9.17, 15) is 0 Å². The van der Waals surface area contributed by atoms with E-state index in [-0.39, 0.29) is 0 Å². The molecule has 0 aromatic heterocycles. The maximum atomic E-state index is 5.70. The molecule has 0 aromatic carbocycles. The fourth-order valence-electron chi connectivity index (χ4n) is 1.85. The Morgan fingerprint density at radius 3 is 2.46 bits per heavy atom. The smallest absolute Gasteiger partial charge is 0.188 e. The molecule has 13 heavy (non-hydrogen) atoms. The van der Waals surface area contributed by atoms with Crippen LogP contribution in [0.3, 0.4) is 0 Å². The highest BCUT2D eigenvalue weighted by Gasteiger charge is 2.11. The molecule has 0 amide bonds. The van der Waals surface area contributed by atoms with Gasteiger partial charge >= 0.3 is 0 Å². The molecule has 0 saturated heterocycles. The zero-order chi connectivity index (χ0) is 9.52. The van der Waals surface area contributed by atoms with Crippen LogP contribution in [-0.4, -0.2) is 18.5 Å².